The van der Waals surface area contributed by atoms with E-state index in [-0.39, 0.29) is 18.6 Å². The Morgan fingerprint density at radius 2 is 2.04 bits per heavy atom. The summed E-state index contributed by atoms with van der Waals surface area (Å²) >= 11 is 0. The lowest BCUT2D eigenvalue weighted by molar-refractivity contribution is -0.116. The summed E-state index contributed by atoms with van der Waals surface area (Å²) in [4.78, 5) is 14.4. The normalized spacial score (nSPS) is 18.6. The summed E-state index contributed by atoms with van der Waals surface area (Å²) in [5.41, 5.74) is 3.20. The summed E-state index contributed by atoms with van der Waals surface area (Å²) in [5, 5.41) is 3.21. The number of rotatable bonds is 6. The summed E-state index contributed by atoms with van der Waals surface area (Å²) in [7, 11) is 0. The topological polar surface area (TPSA) is 50.8 Å². The van der Waals surface area contributed by atoms with Crippen molar-refractivity contribution in [2.45, 2.75) is 25.4 Å². The third kappa shape index (κ3) is 3.83. The smallest absolute Gasteiger partial charge is 0.246 e. The highest BCUT2D eigenvalue weighted by Gasteiger charge is 2.23. The van der Waals surface area contributed by atoms with Crippen LogP contribution in [0, 0.1) is 0 Å². The van der Waals surface area contributed by atoms with E-state index in [1.54, 1.807) is 0 Å². The Bertz CT molecular complexity index is 754. The highest BCUT2D eigenvalue weighted by Crippen LogP contribution is 2.27. The first-order chi connectivity index (χ1) is 12.8. The van der Waals surface area contributed by atoms with E-state index in [1.165, 1.54) is 5.56 Å². The number of para-hydroxylation sites is 1. The Balaban J connectivity index is 1.27. The van der Waals surface area contributed by atoms with E-state index in [0.29, 0.717) is 6.61 Å². The van der Waals surface area contributed by atoms with Crippen molar-refractivity contribution in [1.29, 1.82) is 0 Å². The summed E-state index contributed by atoms with van der Waals surface area (Å²) in [6.45, 7) is 2.48. The molecule has 0 spiro atoms. The fraction of sp³-hybridized carbons (Fsp3) is 0.381. The molecule has 1 fully saturated rings. The maximum atomic E-state index is 12.5. The van der Waals surface area contributed by atoms with Gasteiger partial charge in [-0.15, -0.1) is 0 Å². The lowest BCUT2D eigenvalue weighted by Crippen LogP contribution is -2.34. The fourth-order valence-electron chi connectivity index (χ4n) is 3.50. The van der Waals surface area contributed by atoms with Gasteiger partial charge in [-0.3, -0.25) is 4.79 Å². The minimum Gasteiger partial charge on any atom is -0.491 e. The number of ether oxygens (including phenoxy) is 2. The molecule has 1 N–H and O–H groups in total. The lowest BCUT2D eigenvalue weighted by atomic mass is 10.2. The van der Waals surface area contributed by atoms with Gasteiger partial charge in [0.1, 0.15) is 12.4 Å². The maximum absolute atomic E-state index is 12.5. The molecule has 2 aliphatic rings. The van der Waals surface area contributed by atoms with Crippen LogP contribution >= 0.6 is 0 Å². The number of carbonyl (C=O) groups is 1. The van der Waals surface area contributed by atoms with Crippen LogP contribution in [-0.4, -0.2) is 38.3 Å². The summed E-state index contributed by atoms with van der Waals surface area (Å²) in [5.74, 6) is 0.916. The second kappa shape index (κ2) is 7.79. The second-order valence-electron chi connectivity index (χ2n) is 6.75. The molecule has 1 saturated heterocycles. The highest BCUT2D eigenvalue weighted by atomic mass is 16.5. The van der Waals surface area contributed by atoms with Crippen molar-refractivity contribution in [2.24, 2.45) is 0 Å². The highest BCUT2D eigenvalue weighted by molar-refractivity contribution is 5.98. The van der Waals surface area contributed by atoms with Gasteiger partial charge in [-0.2, -0.15) is 0 Å². The van der Waals surface area contributed by atoms with E-state index in [0.717, 1.165) is 49.5 Å². The van der Waals surface area contributed by atoms with Crippen molar-refractivity contribution in [3.8, 4) is 5.75 Å². The Kier molecular flexibility index (Phi) is 5.07. The van der Waals surface area contributed by atoms with Gasteiger partial charge in [0, 0.05) is 24.5 Å². The molecular formula is C21H24N2O3. The van der Waals surface area contributed by atoms with Crippen LogP contribution in [0.25, 0.3) is 0 Å². The minimum absolute atomic E-state index is 0.0914. The monoisotopic (exact) mass is 352 g/mol. The van der Waals surface area contributed by atoms with Gasteiger partial charge in [-0.1, -0.05) is 18.2 Å². The maximum Gasteiger partial charge on any atom is 0.246 e. The molecule has 0 radical (unpaired) electrons. The summed E-state index contributed by atoms with van der Waals surface area (Å²) < 4.78 is 11.3. The molecule has 2 aliphatic heterocycles. The largest absolute Gasteiger partial charge is 0.491 e. The van der Waals surface area contributed by atoms with Crippen LogP contribution in [0.1, 0.15) is 18.4 Å². The molecular weight excluding hydrogens is 328 g/mol. The van der Waals surface area contributed by atoms with E-state index in [1.807, 2.05) is 47.4 Å². The average Bonchev–Trinajstić information content (AvgIpc) is 3.35. The molecule has 2 aromatic carbocycles. The van der Waals surface area contributed by atoms with Gasteiger partial charge in [0.15, 0.2) is 0 Å². The summed E-state index contributed by atoms with van der Waals surface area (Å²) in [6, 6.07) is 15.8. The minimum atomic E-state index is 0.0914. The van der Waals surface area contributed by atoms with Crippen LogP contribution in [0.3, 0.4) is 0 Å². The van der Waals surface area contributed by atoms with Crippen LogP contribution < -0.4 is 15.0 Å². The molecule has 0 bridgehead atoms. The first-order valence-corrected chi connectivity index (χ1v) is 9.26. The van der Waals surface area contributed by atoms with E-state index < -0.39 is 0 Å². The molecule has 1 unspecified atom stereocenters. The predicted octanol–water partition coefficient (Wildman–Crippen LogP) is 3.25. The van der Waals surface area contributed by atoms with E-state index in [2.05, 4.69) is 11.4 Å². The molecule has 1 amide bonds. The van der Waals surface area contributed by atoms with Crippen LogP contribution in [0.15, 0.2) is 48.5 Å². The van der Waals surface area contributed by atoms with Crippen LogP contribution in [0.2, 0.25) is 0 Å². The third-order valence-corrected chi connectivity index (χ3v) is 4.95. The number of hydrogen-bond donors (Lipinski definition) is 1. The molecule has 5 heteroatoms. The number of amides is 1. The molecule has 0 saturated carbocycles. The fourth-order valence-corrected chi connectivity index (χ4v) is 3.50. The number of nitrogens with zero attached hydrogens (tertiary/aromatic N) is 1. The quantitative estimate of drug-likeness (QED) is 0.867. The Hall–Kier alpha value is -2.53. The lowest BCUT2D eigenvalue weighted by Gasteiger charge is -2.18. The molecule has 5 nitrogen and oxygen atoms in total. The van der Waals surface area contributed by atoms with Gasteiger partial charge in [-0.25, -0.2) is 0 Å². The van der Waals surface area contributed by atoms with E-state index in [4.69, 9.17) is 9.47 Å². The van der Waals surface area contributed by atoms with Crippen LogP contribution in [-0.2, 0) is 16.0 Å². The first-order valence-electron chi connectivity index (χ1n) is 9.26. The number of benzene rings is 2. The van der Waals surface area contributed by atoms with Gasteiger partial charge in [0.05, 0.1) is 12.6 Å². The van der Waals surface area contributed by atoms with Crippen molar-refractivity contribution < 1.29 is 14.3 Å². The standard InChI is InChI=1S/C21H24N2O3/c24-21(23-12-11-16-4-1-2-6-20(16)23)14-22-17-7-9-18(10-8-17)26-15-19-5-3-13-25-19/h1-2,4,6-10,19,22H,3,5,11-15H2. The first kappa shape index (κ1) is 16.9. The van der Waals surface area contributed by atoms with Crippen LogP contribution in [0.4, 0.5) is 11.4 Å². The number of fused-ring (bicyclic) bond motifs is 1. The summed E-state index contributed by atoms with van der Waals surface area (Å²) in [6.07, 6.45) is 3.33. The molecule has 136 valence electrons. The van der Waals surface area contributed by atoms with Gasteiger partial charge >= 0.3 is 0 Å². The van der Waals surface area contributed by atoms with E-state index in [9.17, 15) is 4.79 Å². The number of anilines is 2. The zero-order chi connectivity index (χ0) is 17.8. The van der Waals surface area contributed by atoms with Crippen molar-refractivity contribution in [3.05, 3.63) is 54.1 Å². The van der Waals surface area contributed by atoms with Crippen LogP contribution in [0.5, 0.6) is 5.75 Å². The van der Waals surface area contributed by atoms with Gasteiger partial charge in [-0.05, 0) is 55.2 Å². The van der Waals surface area contributed by atoms with Gasteiger partial charge < -0.3 is 19.7 Å². The van der Waals surface area contributed by atoms with Crippen molar-refractivity contribution >= 4 is 17.3 Å². The Morgan fingerprint density at radius 3 is 2.85 bits per heavy atom. The molecule has 1 atom stereocenters. The molecule has 4 rings (SSSR count). The van der Waals surface area contributed by atoms with Gasteiger partial charge in [0.2, 0.25) is 5.91 Å². The third-order valence-electron chi connectivity index (χ3n) is 4.95. The predicted molar refractivity (Wildman–Crippen MR) is 102 cm³/mol. The second-order valence-corrected chi connectivity index (χ2v) is 6.75. The number of hydrogen-bond acceptors (Lipinski definition) is 4. The number of carbonyl (C=O) groups excluding carboxylic acids is 1. The molecule has 0 aromatic heterocycles. The average molecular weight is 352 g/mol. The molecule has 26 heavy (non-hydrogen) atoms. The van der Waals surface area contributed by atoms with E-state index >= 15 is 0 Å². The molecule has 2 aromatic rings. The van der Waals surface area contributed by atoms with Crippen molar-refractivity contribution in [2.75, 3.05) is 36.5 Å². The van der Waals surface area contributed by atoms with Crippen molar-refractivity contribution in [1.82, 2.24) is 0 Å². The van der Waals surface area contributed by atoms with Crippen molar-refractivity contribution in [3.63, 3.8) is 0 Å². The molecule has 2 heterocycles. The Morgan fingerprint density at radius 1 is 1.19 bits per heavy atom. The van der Waals surface area contributed by atoms with Gasteiger partial charge in [0.25, 0.3) is 0 Å². The Labute approximate surface area is 153 Å². The zero-order valence-electron chi connectivity index (χ0n) is 14.8. The SMILES string of the molecule is O=C(CNc1ccc(OCC2CCCO2)cc1)N1CCc2ccccc21. The number of nitrogens with one attached hydrogen (secondary N) is 1. The molecule has 0 aliphatic carbocycles. The zero-order valence-corrected chi connectivity index (χ0v) is 14.8.